The number of hydrogen-bond donors (Lipinski definition) is 3. The molecule has 1 aliphatic rings. The minimum Gasteiger partial charge on any atom is -0.507 e. The van der Waals surface area contributed by atoms with Crippen LogP contribution in [-0.2, 0) is 11.2 Å². The number of benzene rings is 2. The van der Waals surface area contributed by atoms with E-state index in [4.69, 9.17) is 0 Å². The van der Waals surface area contributed by atoms with Gasteiger partial charge in [0.15, 0.2) is 0 Å². The van der Waals surface area contributed by atoms with E-state index in [0.717, 1.165) is 18.5 Å². The third-order valence-electron chi connectivity index (χ3n) is 5.14. The number of rotatable bonds is 8. The summed E-state index contributed by atoms with van der Waals surface area (Å²) >= 11 is 0. The molecule has 0 aliphatic carbocycles. The lowest BCUT2D eigenvalue weighted by atomic mass is 9.88. The van der Waals surface area contributed by atoms with Gasteiger partial charge in [-0.15, -0.1) is 0 Å². The van der Waals surface area contributed by atoms with Crippen LogP contribution in [0.1, 0.15) is 17.2 Å². The van der Waals surface area contributed by atoms with Crippen LogP contribution < -0.4 is 10.6 Å². The monoisotopic (exact) mass is 424 g/mol. The number of carbonyl (C=O) groups excluding carboxylic acids is 1. The minimum absolute atomic E-state index is 0.140. The van der Waals surface area contributed by atoms with Crippen LogP contribution in [0, 0.1) is 0 Å². The van der Waals surface area contributed by atoms with Crippen molar-refractivity contribution in [1.82, 2.24) is 5.32 Å². The van der Waals surface area contributed by atoms with E-state index >= 15 is 0 Å². The SMILES string of the molecule is C=C\C=C/C=C\C=C/C(C(=O)Nc1ccccc1)=C(/O)C(=C)C1NCCc2ccccc21. The number of fused-ring (bicyclic) bond motifs is 1. The number of aliphatic hydroxyl groups excluding tert-OH is 1. The Labute approximate surface area is 189 Å². The third kappa shape index (κ3) is 5.84. The molecule has 32 heavy (non-hydrogen) atoms. The van der Waals surface area contributed by atoms with Crippen LogP contribution >= 0.6 is 0 Å². The van der Waals surface area contributed by atoms with Gasteiger partial charge in [0.05, 0.1) is 11.6 Å². The van der Waals surface area contributed by atoms with Gasteiger partial charge in [-0.05, 0) is 35.8 Å². The van der Waals surface area contributed by atoms with Crippen LogP contribution in [0.4, 0.5) is 5.69 Å². The molecule has 2 aromatic rings. The van der Waals surface area contributed by atoms with Crippen LogP contribution in [0.15, 0.2) is 127 Å². The summed E-state index contributed by atoms with van der Waals surface area (Å²) in [5.74, 6) is -0.552. The summed E-state index contributed by atoms with van der Waals surface area (Å²) < 4.78 is 0. The summed E-state index contributed by atoms with van der Waals surface area (Å²) in [6, 6.07) is 17.0. The molecule has 0 spiro atoms. The Hall–Kier alpha value is -3.89. The molecule has 3 rings (SSSR count). The van der Waals surface area contributed by atoms with Crippen LogP contribution in [0.25, 0.3) is 0 Å². The molecule has 0 radical (unpaired) electrons. The zero-order valence-electron chi connectivity index (χ0n) is 18.0. The Balaban J connectivity index is 1.92. The van der Waals surface area contributed by atoms with E-state index in [2.05, 4.69) is 29.9 Å². The topological polar surface area (TPSA) is 61.4 Å². The van der Waals surface area contributed by atoms with Crippen LogP contribution in [0.3, 0.4) is 0 Å². The number of amides is 1. The fraction of sp³-hybridized carbons (Fsp3) is 0.107. The maximum Gasteiger partial charge on any atom is 0.259 e. The number of carbonyl (C=O) groups is 1. The van der Waals surface area contributed by atoms with E-state index in [1.54, 1.807) is 42.5 Å². The molecule has 3 N–H and O–H groups in total. The van der Waals surface area contributed by atoms with E-state index in [-0.39, 0.29) is 17.4 Å². The van der Waals surface area contributed by atoms with Gasteiger partial charge in [-0.25, -0.2) is 0 Å². The first-order valence-corrected chi connectivity index (χ1v) is 10.5. The molecule has 1 aliphatic heterocycles. The number of anilines is 1. The smallest absolute Gasteiger partial charge is 0.259 e. The van der Waals surface area contributed by atoms with Crippen LogP contribution in [0.5, 0.6) is 0 Å². The quantitative estimate of drug-likeness (QED) is 0.288. The first-order valence-electron chi connectivity index (χ1n) is 10.5. The van der Waals surface area contributed by atoms with Crippen molar-refractivity contribution in [1.29, 1.82) is 0 Å². The Morgan fingerprint density at radius 1 is 1.00 bits per heavy atom. The lowest BCUT2D eigenvalue weighted by molar-refractivity contribution is -0.112. The van der Waals surface area contributed by atoms with Crippen molar-refractivity contribution in [2.45, 2.75) is 12.5 Å². The third-order valence-corrected chi connectivity index (χ3v) is 5.14. The Kier molecular flexibility index (Phi) is 8.18. The highest BCUT2D eigenvalue weighted by Crippen LogP contribution is 2.32. The van der Waals surface area contributed by atoms with Gasteiger partial charge in [0.1, 0.15) is 5.76 Å². The van der Waals surface area contributed by atoms with Crippen molar-refractivity contribution < 1.29 is 9.90 Å². The number of aliphatic hydroxyl groups is 1. The van der Waals surface area contributed by atoms with Crippen molar-refractivity contribution >= 4 is 11.6 Å². The number of para-hydroxylation sites is 1. The molecular formula is C28H28N2O2. The molecule has 1 unspecified atom stereocenters. The van der Waals surface area contributed by atoms with Gasteiger partial charge < -0.3 is 15.7 Å². The zero-order valence-corrected chi connectivity index (χ0v) is 18.0. The van der Waals surface area contributed by atoms with Crippen LogP contribution in [-0.4, -0.2) is 17.6 Å². The van der Waals surface area contributed by atoms with Gasteiger partial charge in [-0.2, -0.15) is 0 Å². The highest BCUT2D eigenvalue weighted by Gasteiger charge is 2.26. The second-order valence-electron chi connectivity index (χ2n) is 7.31. The maximum absolute atomic E-state index is 13.1. The first kappa shape index (κ1) is 22.8. The minimum atomic E-state index is -0.412. The maximum atomic E-state index is 13.1. The summed E-state index contributed by atoms with van der Waals surface area (Å²) in [5.41, 5.74) is 3.52. The van der Waals surface area contributed by atoms with Gasteiger partial charge in [0.2, 0.25) is 0 Å². The largest absolute Gasteiger partial charge is 0.507 e. The molecule has 4 nitrogen and oxygen atoms in total. The number of nitrogens with one attached hydrogen (secondary N) is 2. The van der Waals surface area contributed by atoms with E-state index < -0.39 is 5.91 Å². The van der Waals surface area contributed by atoms with E-state index in [0.29, 0.717) is 11.3 Å². The molecular weight excluding hydrogens is 396 g/mol. The van der Waals surface area contributed by atoms with E-state index in [9.17, 15) is 9.90 Å². The standard InChI is InChI=1S/C28H28N2O2/c1-3-4-5-6-7-11-18-25(28(32)30-23-15-9-8-10-16-23)27(31)21(2)26-24-17-13-12-14-22(24)19-20-29-26/h3-18,26,29,31H,1-2,19-20H2,(H,30,32)/b5-4-,7-6-,18-11-,27-25-. The highest BCUT2D eigenvalue weighted by atomic mass is 16.3. The molecule has 1 heterocycles. The molecule has 0 saturated heterocycles. The molecule has 162 valence electrons. The van der Waals surface area contributed by atoms with Crippen LogP contribution in [0.2, 0.25) is 0 Å². The fourth-order valence-electron chi connectivity index (χ4n) is 3.53. The summed E-state index contributed by atoms with van der Waals surface area (Å²) in [6.07, 6.45) is 13.1. The molecule has 1 amide bonds. The van der Waals surface area contributed by atoms with Crippen molar-refractivity contribution in [2.24, 2.45) is 0 Å². The van der Waals surface area contributed by atoms with Crippen molar-refractivity contribution in [3.63, 3.8) is 0 Å². The van der Waals surface area contributed by atoms with Gasteiger partial charge in [0.25, 0.3) is 5.91 Å². The second kappa shape index (κ2) is 11.5. The summed E-state index contributed by atoms with van der Waals surface area (Å²) in [5, 5.41) is 17.4. The Morgan fingerprint density at radius 3 is 2.47 bits per heavy atom. The van der Waals surface area contributed by atoms with Gasteiger partial charge in [-0.1, -0.05) is 92.1 Å². The predicted octanol–water partition coefficient (Wildman–Crippen LogP) is 5.74. The lowest BCUT2D eigenvalue weighted by Gasteiger charge is -2.28. The van der Waals surface area contributed by atoms with E-state index in [1.165, 1.54) is 5.56 Å². The van der Waals surface area contributed by atoms with Crippen molar-refractivity contribution in [3.8, 4) is 0 Å². The fourth-order valence-corrected chi connectivity index (χ4v) is 3.53. The van der Waals surface area contributed by atoms with Crippen molar-refractivity contribution in [2.75, 3.05) is 11.9 Å². The Morgan fingerprint density at radius 2 is 1.69 bits per heavy atom. The van der Waals surface area contributed by atoms with Crippen molar-refractivity contribution in [3.05, 3.63) is 138 Å². The zero-order chi connectivity index (χ0) is 22.8. The number of hydrogen-bond acceptors (Lipinski definition) is 3. The number of allylic oxidation sites excluding steroid dienone is 6. The normalized spacial score (nSPS) is 16.7. The second-order valence-corrected chi connectivity index (χ2v) is 7.31. The average molecular weight is 425 g/mol. The van der Waals surface area contributed by atoms with Gasteiger partial charge in [0, 0.05) is 17.8 Å². The van der Waals surface area contributed by atoms with Gasteiger partial charge in [-0.3, -0.25) is 4.79 Å². The summed E-state index contributed by atoms with van der Waals surface area (Å²) in [6.45, 7) is 8.53. The Bertz CT molecular complexity index is 1090. The average Bonchev–Trinajstić information content (AvgIpc) is 2.83. The van der Waals surface area contributed by atoms with E-state index in [1.807, 2.05) is 48.6 Å². The molecule has 0 saturated carbocycles. The van der Waals surface area contributed by atoms with Gasteiger partial charge >= 0.3 is 0 Å². The summed E-state index contributed by atoms with van der Waals surface area (Å²) in [4.78, 5) is 13.1. The molecule has 4 heteroatoms. The lowest BCUT2D eigenvalue weighted by Crippen LogP contribution is -2.31. The molecule has 0 aromatic heterocycles. The molecule has 1 atom stereocenters. The highest BCUT2D eigenvalue weighted by molar-refractivity contribution is 6.06. The predicted molar refractivity (Wildman–Crippen MR) is 132 cm³/mol. The molecule has 0 fully saturated rings. The summed E-state index contributed by atoms with van der Waals surface area (Å²) in [7, 11) is 0. The first-order chi connectivity index (χ1) is 15.6. The molecule has 2 aromatic carbocycles. The molecule has 0 bridgehead atoms.